The lowest BCUT2D eigenvalue weighted by Gasteiger charge is -2.39. The molecule has 2 saturated heterocycles. The number of hydrogen-bond donors (Lipinski definition) is 3. The fourth-order valence-corrected chi connectivity index (χ4v) is 6.33. The first kappa shape index (κ1) is 33.8. The van der Waals surface area contributed by atoms with Crippen molar-refractivity contribution < 1.29 is 24.2 Å². The van der Waals surface area contributed by atoms with Crippen LogP contribution in [-0.2, 0) is 32.2 Å². The SMILES string of the molecule is CC(=O)NCCCCCC(=O)NCc1cccc(-c2cccc(C3OC(CN4CCCCC4)CC(c4ccc(CO)cc4)O3)c2)c1. The Balaban J connectivity index is 1.23. The number of nitrogens with one attached hydrogen (secondary N) is 2. The number of carbonyl (C=O) groups is 2. The van der Waals surface area contributed by atoms with Crippen molar-refractivity contribution in [2.75, 3.05) is 26.2 Å². The number of nitrogens with zero attached hydrogens (tertiary/aromatic N) is 1. The minimum atomic E-state index is -0.494. The second kappa shape index (κ2) is 17.4. The Morgan fingerprint density at radius 2 is 1.59 bits per heavy atom. The van der Waals surface area contributed by atoms with Crippen molar-refractivity contribution in [2.45, 2.75) is 89.9 Å². The van der Waals surface area contributed by atoms with Gasteiger partial charge in [-0.05, 0) is 78.7 Å². The summed E-state index contributed by atoms with van der Waals surface area (Å²) in [5, 5.41) is 15.4. The van der Waals surface area contributed by atoms with Crippen molar-refractivity contribution in [2.24, 2.45) is 0 Å². The summed E-state index contributed by atoms with van der Waals surface area (Å²) in [4.78, 5) is 25.9. The van der Waals surface area contributed by atoms with Crippen LogP contribution in [0.1, 0.15) is 92.9 Å². The monoisotopic (exact) mass is 627 g/mol. The summed E-state index contributed by atoms with van der Waals surface area (Å²) in [6.45, 7) is 5.81. The fraction of sp³-hybridized carbons (Fsp3) is 0.474. The standard InChI is InChI=1S/C38H49N3O5/c1-28(43)39-19-5-2-4-14-37(44)40-25-30-10-8-11-32(22-30)33-12-9-13-34(23-33)38-45-35(26-41-20-6-3-7-21-41)24-36(46-38)31-17-15-29(27-42)16-18-31/h8-13,15-18,22-23,35-36,38,42H,2-7,14,19-21,24-27H2,1H3,(H,39,43)(H,40,44). The molecular formula is C38H49N3O5. The van der Waals surface area contributed by atoms with Crippen LogP contribution < -0.4 is 10.6 Å². The number of hydrogen-bond acceptors (Lipinski definition) is 6. The van der Waals surface area contributed by atoms with E-state index in [1.165, 1.54) is 26.2 Å². The average Bonchev–Trinajstić information content (AvgIpc) is 3.09. The Morgan fingerprint density at radius 3 is 2.35 bits per heavy atom. The molecule has 46 heavy (non-hydrogen) atoms. The third-order valence-electron chi connectivity index (χ3n) is 8.89. The van der Waals surface area contributed by atoms with Crippen LogP contribution in [0, 0.1) is 0 Å². The van der Waals surface area contributed by atoms with Crippen molar-refractivity contribution in [3.8, 4) is 11.1 Å². The molecule has 8 nitrogen and oxygen atoms in total. The smallest absolute Gasteiger partial charge is 0.220 e. The van der Waals surface area contributed by atoms with Crippen LogP contribution >= 0.6 is 0 Å². The molecule has 0 radical (unpaired) electrons. The minimum Gasteiger partial charge on any atom is -0.392 e. The molecule has 2 heterocycles. The molecule has 0 aliphatic carbocycles. The van der Waals surface area contributed by atoms with Gasteiger partial charge in [0.15, 0.2) is 6.29 Å². The van der Waals surface area contributed by atoms with Gasteiger partial charge in [-0.2, -0.15) is 0 Å². The number of rotatable bonds is 14. The van der Waals surface area contributed by atoms with Crippen LogP contribution in [0.15, 0.2) is 72.8 Å². The molecule has 3 atom stereocenters. The molecule has 2 amide bonds. The van der Waals surface area contributed by atoms with Crippen LogP contribution in [-0.4, -0.2) is 54.1 Å². The summed E-state index contributed by atoms with van der Waals surface area (Å²) >= 11 is 0. The summed E-state index contributed by atoms with van der Waals surface area (Å²) in [6, 6.07) is 24.7. The van der Waals surface area contributed by atoms with Crippen LogP contribution in [0.2, 0.25) is 0 Å². The second-order valence-electron chi connectivity index (χ2n) is 12.6. The first-order chi connectivity index (χ1) is 22.5. The van der Waals surface area contributed by atoms with E-state index in [-0.39, 0.29) is 30.6 Å². The maximum atomic E-state index is 12.4. The lowest BCUT2D eigenvalue weighted by atomic mass is 9.98. The van der Waals surface area contributed by atoms with Gasteiger partial charge in [-0.15, -0.1) is 0 Å². The van der Waals surface area contributed by atoms with E-state index in [9.17, 15) is 14.7 Å². The predicted molar refractivity (Wildman–Crippen MR) is 180 cm³/mol. The number of carbonyl (C=O) groups excluding carboxylic acids is 2. The maximum Gasteiger partial charge on any atom is 0.220 e. The third-order valence-corrected chi connectivity index (χ3v) is 8.89. The Hall–Kier alpha value is -3.56. The van der Waals surface area contributed by atoms with Gasteiger partial charge < -0.3 is 30.1 Å². The number of amides is 2. The minimum absolute atomic E-state index is 0.0191. The van der Waals surface area contributed by atoms with Gasteiger partial charge >= 0.3 is 0 Å². The van der Waals surface area contributed by atoms with Crippen LogP contribution in [0.4, 0.5) is 0 Å². The Bertz CT molecular complexity index is 1410. The zero-order valence-electron chi connectivity index (χ0n) is 27.1. The van der Waals surface area contributed by atoms with Gasteiger partial charge in [-0.25, -0.2) is 0 Å². The zero-order chi connectivity index (χ0) is 32.1. The number of ether oxygens (including phenoxy) is 2. The van der Waals surface area contributed by atoms with Crippen molar-refractivity contribution in [3.63, 3.8) is 0 Å². The topological polar surface area (TPSA) is 100 Å². The number of aliphatic hydroxyl groups excluding tert-OH is 1. The van der Waals surface area contributed by atoms with Gasteiger partial charge in [-0.3, -0.25) is 9.59 Å². The van der Waals surface area contributed by atoms with Crippen LogP contribution in [0.5, 0.6) is 0 Å². The van der Waals surface area contributed by atoms with E-state index in [2.05, 4.69) is 64.1 Å². The quantitative estimate of drug-likeness (QED) is 0.184. The molecule has 2 aliphatic heterocycles. The highest BCUT2D eigenvalue weighted by Gasteiger charge is 2.33. The Kier molecular flexibility index (Phi) is 12.8. The molecule has 3 unspecified atom stereocenters. The second-order valence-corrected chi connectivity index (χ2v) is 12.6. The normalized spacial score (nSPS) is 20.3. The summed E-state index contributed by atoms with van der Waals surface area (Å²) in [7, 11) is 0. The zero-order valence-corrected chi connectivity index (χ0v) is 27.1. The molecule has 0 spiro atoms. The van der Waals surface area contributed by atoms with Crippen LogP contribution in [0.25, 0.3) is 11.1 Å². The van der Waals surface area contributed by atoms with Crippen molar-refractivity contribution in [1.82, 2.24) is 15.5 Å². The third kappa shape index (κ3) is 10.2. The maximum absolute atomic E-state index is 12.4. The first-order valence-electron chi connectivity index (χ1n) is 16.9. The summed E-state index contributed by atoms with van der Waals surface area (Å²) < 4.78 is 13.3. The number of likely N-dealkylation sites (tertiary alicyclic amines) is 1. The first-order valence-corrected chi connectivity index (χ1v) is 16.9. The predicted octanol–water partition coefficient (Wildman–Crippen LogP) is 6.19. The lowest BCUT2D eigenvalue weighted by Crippen LogP contribution is -2.41. The largest absolute Gasteiger partial charge is 0.392 e. The molecule has 8 heteroatoms. The van der Waals surface area contributed by atoms with Gasteiger partial charge in [0, 0.05) is 45.0 Å². The van der Waals surface area contributed by atoms with Crippen molar-refractivity contribution in [3.05, 3.63) is 95.1 Å². The van der Waals surface area contributed by atoms with Crippen molar-refractivity contribution >= 4 is 11.8 Å². The van der Waals surface area contributed by atoms with E-state index in [4.69, 9.17) is 9.47 Å². The summed E-state index contributed by atoms with van der Waals surface area (Å²) in [5.41, 5.74) is 6.16. The van der Waals surface area contributed by atoms with Gasteiger partial charge in [-0.1, -0.05) is 73.5 Å². The molecule has 3 aromatic carbocycles. The molecule has 2 fully saturated rings. The highest BCUT2D eigenvalue weighted by molar-refractivity contribution is 5.76. The number of unbranched alkanes of at least 4 members (excludes halogenated alkanes) is 2. The molecule has 5 rings (SSSR count). The van der Waals surface area contributed by atoms with Gasteiger partial charge in [0.1, 0.15) is 0 Å². The Morgan fingerprint density at radius 1 is 0.826 bits per heavy atom. The van der Waals surface area contributed by atoms with E-state index < -0.39 is 6.29 Å². The van der Waals surface area contributed by atoms with Gasteiger partial charge in [0.2, 0.25) is 11.8 Å². The lowest BCUT2D eigenvalue weighted by molar-refractivity contribution is -0.253. The van der Waals surface area contributed by atoms with Crippen molar-refractivity contribution in [1.29, 1.82) is 0 Å². The molecule has 0 bridgehead atoms. The van der Waals surface area contributed by atoms with E-state index >= 15 is 0 Å². The molecule has 3 aromatic rings. The number of piperidine rings is 1. The van der Waals surface area contributed by atoms with Crippen LogP contribution in [0.3, 0.4) is 0 Å². The van der Waals surface area contributed by atoms with Gasteiger partial charge in [0.05, 0.1) is 18.8 Å². The fourth-order valence-electron chi connectivity index (χ4n) is 6.33. The van der Waals surface area contributed by atoms with E-state index in [0.717, 1.165) is 78.7 Å². The number of benzene rings is 3. The molecule has 3 N–H and O–H groups in total. The summed E-state index contributed by atoms with van der Waals surface area (Å²) in [6.07, 6.45) is 7.09. The summed E-state index contributed by atoms with van der Waals surface area (Å²) in [5.74, 6) is 0.0209. The van der Waals surface area contributed by atoms with E-state index in [1.54, 1.807) is 0 Å². The molecule has 246 valence electrons. The highest BCUT2D eigenvalue weighted by Crippen LogP contribution is 2.39. The average molecular weight is 628 g/mol. The Labute approximate surface area is 273 Å². The van der Waals surface area contributed by atoms with E-state index in [1.807, 2.05) is 24.3 Å². The van der Waals surface area contributed by atoms with E-state index in [0.29, 0.717) is 19.5 Å². The molecule has 2 aliphatic rings. The molecular weight excluding hydrogens is 578 g/mol. The molecule has 0 aromatic heterocycles. The van der Waals surface area contributed by atoms with Gasteiger partial charge in [0.25, 0.3) is 0 Å². The number of aliphatic hydroxyl groups is 1. The highest BCUT2D eigenvalue weighted by atomic mass is 16.7. The molecule has 0 saturated carbocycles.